The van der Waals surface area contributed by atoms with Crippen LogP contribution in [-0.4, -0.2) is 32.0 Å². The Morgan fingerprint density at radius 2 is 2.12 bits per heavy atom. The van der Waals surface area contributed by atoms with Crippen LogP contribution in [0.25, 0.3) is 11.3 Å². The molecule has 1 saturated carbocycles. The molecule has 2 N–H and O–H groups in total. The molecular weight excluding hydrogens is 332 g/mol. The molecule has 1 amide bonds. The summed E-state index contributed by atoms with van der Waals surface area (Å²) < 4.78 is 7.13. The molecule has 3 aromatic rings. The van der Waals surface area contributed by atoms with Crippen LogP contribution in [0.5, 0.6) is 0 Å². The second-order valence-corrected chi connectivity index (χ2v) is 6.67. The minimum atomic E-state index is -0.523. The Balaban J connectivity index is 1.33. The minimum Gasteiger partial charge on any atom is -0.389 e. The number of nitrogens with zero attached hydrogens (tertiary/aromatic N) is 3. The molecule has 4 rings (SSSR count). The van der Waals surface area contributed by atoms with Gasteiger partial charge in [0.05, 0.1) is 18.3 Å². The van der Waals surface area contributed by atoms with Crippen molar-refractivity contribution >= 4 is 5.91 Å². The van der Waals surface area contributed by atoms with Crippen molar-refractivity contribution in [3.8, 4) is 11.3 Å². The number of carbonyl (C=O) groups is 1. The van der Waals surface area contributed by atoms with E-state index in [2.05, 4.69) is 15.6 Å². The lowest BCUT2D eigenvalue weighted by molar-refractivity contribution is 0.0879. The van der Waals surface area contributed by atoms with E-state index < -0.39 is 6.10 Å². The number of aliphatic hydroxyl groups excluding tert-OH is 1. The van der Waals surface area contributed by atoms with Crippen LogP contribution in [-0.2, 0) is 0 Å². The van der Waals surface area contributed by atoms with E-state index in [1.807, 2.05) is 41.2 Å². The average molecular weight is 352 g/mol. The number of hydrogen-bond donors (Lipinski definition) is 2. The Bertz CT molecular complexity index is 894. The third kappa shape index (κ3) is 3.25. The van der Waals surface area contributed by atoms with Crippen LogP contribution in [0.1, 0.15) is 48.0 Å². The zero-order chi connectivity index (χ0) is 18.1. The van der Waals surface area contributed by atoms with Crippen molar-refractivity contribution in [2.75, 3.05) is 0 Å². The summed E-state index contributed by atoms with van der Waals surface area (Å²) in [7, 11) is 0. The van der Waals surface area contributed by atoms with Gasteiger partial charge in [-0.1, -0.05) is 35.5 Å². The predicted molar refractivity (Wildman–Crippen MR) is 94.3 cm³/mol. The van der Waals surface area contributed by atoms with Gasteiger partial charge in [-0.25, -0.2) is 0 Å². The molecule has 7 nitrogen and oxygen atoms in total. The van der Waals surface area contributed by atoms with Gasteiger partial charge in [-0.05, 0) is 19.8 Å². The zero-order valence-corrected chi connectivity index (χ0v) is 14.4. The van der Waals surface area contributed by atoms with Crippen LogP contribution >= 0.6 is 0 Å². The quantitative estimate of drug-likeness (QED) is 0.736. The molecule has 2 aromatic heterocycles. The molecule has 1 aliphatic rings. The van der Waals surface area contributed by atoms with Gasteiger partial charge in [-0.15, -0.1) is 0 Å². The number of nitrogens with one attached hydrogen (secondary N) is 1. The molecule has 2 heterocycles. The summed E-state index contributed by atoms with van der Waals surface area (Å²) in [6.45, 7) is 1.72. The normalized spacial score (nSPS) is 20.4. The van der Waals surface area contributed by atoms with Gasteiger partial charge in [0.25, 0.3) is 5.91 Å². The predicted octanol–water partition coefficient (Wildman–Crippen LogP) is 2.72. The Kier molecular flexibility index (Phi) is 4.30. The van der Waals surface area contributed by atoms with Gasteiger partial charge in [0.2, 0.25) is 0 Å². The van der Waals surface area contributed by atoms with Gasteiger partial charge in [-0.2, -0.15) is 5.10 Å². The molecule has 1 aromatic carbocycles. The number of rotatable bonds is 5. The fourth-order valence-corrected chi connectivity index (χ4v) is 3.07. The lowest BCUT2D eigenvalue weighted by Gasteiger charge is -2.35. The van der Waals surface area contributed by atoms with Crippen molar-refractivity contribution in [1.29, 1.82) is 0 Å². The van der Waals surface area contributed by atoms with Crippen molar-refractivity contribution in [2.45, 2.75) is 38.0 Å². The highest BCUT2D eigenvalue weighted by molar-refractivity contribution is 5.93. The molecule has 0 aliphatic heterocycles. The highest BCUT2D eigenvalue weighted by atomic mass is 16.5. The molecule has 0 unspecified atom stereocenters. The number of benzene rings is 1. The molecule has 0 radical (unpaired) electrons. The molecule has 0 bridgehead atoms. The summed E-state index contributed by atoms with van der Waals surface area (Å²) in [5.41, 5.74) is 1.96. The Morgan fingerprint density at radius 3 is 2.81 bits per heavy atom. The number of amides is 1. The van der Waals surface area contributed by atoms with E-state index in [0.717, 1.165) is 24.0 Å². The summed E-state index contributed by atoms with van der Waals surface area (Å²) in [6.07, 6.45) is 4.62. The van der Waals surface area contributed by atoms with Crippen molar-refractivity contribution in [3.05, 3.63) is 60.0 Å². The third-order valence-electron chi connectivity index (χ3n) is 4.73. The second-order valence-electron chi connectivity index (χ2n) is 6.67. The van der Waals surface area contributed by atoms with Crippen molar-refractivity contribution < 1.29 is 14.4 Å². The van der Waals surface area contributed by atoms with Crippen molar-refractivity contribution in [2.24, 2.45) is 0 Å². The summed E-state index contributed by atoms with van der Waals surface area (Å²) in [5, 5.41) is 20.7. The van der Waals surface area contributed by atoms with Crippen LogP contribution in [0.2, 0.25) is 0 Å². The standard InChI is InChI=1S/C19H20N4O3/c1-12(24)14-10-20-23(11-14)16-7-15(8-16)21-19(25)17-9-18(26-22-17)13-5-3-2-4-6-13/h2-6,9-12,15-16,24H,7-8H2,1H3,(H,21,25)/t12-,15-,16-/m1/s1. The highest BCUT2D eigenvalue weighted by Crippen LogP contribution is 2.32. The van der Waals surface area contributed by atoms with Gasteiger partial charge in [-0.3, -0.25) is 9.48 Å². The minimum absolute atomic E-state index is 0.0866. The van der Waals surface area contributed by atoms with Gasteiger partial charge >= 0.3 is 0 Å². The fraction of sp³-hybridized carbons (Fsp3) is 0.316. The largest absolute Gasteiger partial charge is 0.389 e. The Morgan fingerprint density at radius 1 is 1.35 bits per heavy atom. The maximum Gasteiger partial charge on any atom is 0.273 e. The first-order valence-electron chi connectivity index (χ1n) is 8.65. The smallest absolute Gasteiger partial charge is 0.273 e. The molecule has 0 saturated heterocycles. The second kappa shape index (κ2) is 6.76. The molecule has 1 fully saturated rings. The fourth-order valence-electron chi connectivity index (χ4n) is 3.07. The molecule has 134 valence electrons. The monoisotopic (exact) mass is 352 g/mol. The third-order valence-corrected chi connectivity index (χ3v) is 4.73. The number of aromatic nitrogens is 3. The van der Waals surface area contributed by atoms with E-state index in [9.17, 15) is 9.90 Å². The first kappa shape index (κ1) is 16.5. The topological polar surface area (TPSA) is 93.2 Å². The highest BCUT2D eigenvalue weighted by Gasteiger charge is 2.33. The lowest BCUT2D eigenvalue weighted by atomic mass is 9.86. The van der Waals surface area contributed by atoms with Crippen LogP contribution in [0, 0.1) is 0 Å². The van der Waals surface area contributed by atoms with Crippen molar-refractivity contribution in [3.63, 3.8) is 0 Å². The summed E-state index contributed by atoms with van der Waals surface area (Å²) in [5.74, 6) is 0.342. The zero-order valence-electron chi connectivity index (χ0n) is 14.4. The average Bonchev–Trinajstić information content (AvgIpc) is 3.28. The summed E-state index contributed by atoms with van der Waals surface area (Å²) in [6, 6.07) is 11.5. The first-order valence-corrected chi connectivity index (χ1v) is 8.65. The first-order chi connectivity index (χ1) is 12.6. The van der Waals surface area contributed by atoms with E-state index in [1.54, 1.807) is 19.2 Å². The Labute approximate surface area is 150 Å². The maximum atomic E-state index is 12.3. The SMILES string of the molecule is C[C@@H](O)c1cnn([C@H]2C[C@H](NC(=O)c3cc(-c4ccccc4)on3)C2)c1. The molecular formula is C19H20N4O3. The molecule has 1 atom stereocenters. The van der Waals surface area contributed by atoms with E-state index >= 15 is 0 Å². The van der Waals surface area contributed by atoms with E-state index in [1.165, 1.54) is 0 Å². The maximum absolute atomic E-state index is 12.3. The number of aliphatic hydroxyl groups is 1. The molecule has 26 heavy (non-hydrogen) atoms. The summed E-state index contributed by atoms with van der Waals surface area (Å²) in [4.78, 5) is 12.3. The molecule has 1 aliphatic carbocycles. The van der Waals surface area contributed by atoms with Gasteiger partial charge < -0.3 is 14.9 Å². The van der Waals surface area contributed by atoms with E-state index in [-0.39, 0.29) is 23.7 Å². The molecule has 0 spiro atoms. The number of carbonyl (C=O) groups excluding carboxylic acids is 1. The van der Waals surface area contributed by atoms with Crippen LogP contribution < -0.4 is 5.32 Å². The number of hydrogen-bond acceptors (Lipinski definition) is 5. The van der Waals surface area contributed by atoms with Gasteiger partial charge in [0, 0.05) is 29.4 Å². The lowest BCUT2D eigenvalue weighted by Crippen LogP contribution is -2.45. The van der Waals surface area contributed by atoms with Crippen LogP contribution in [0.15, 0.2) is 53.3 Å². The summed E-state index contributed by atoms with van der Waals surface area (Å²) >= 11 is 0. The van der Waals surface area contributed by atoms with Gasteiger partial charge in [0.1, 0.15) is 0 Å². The van der Waals surface area contributed by atoms with Crippen LogP contribution in [0.4, 0.5) is 0 Å². The molecule has 7 heteroatoms. The van der Waals surface area contributed by atoms with Crippen molar-refractivity contribution in [1.82, 2.24) is 20.3 Å². The van der Waals surface area contributed by atoms with Gasteiger partial charge in [0.15, 0.2) is 11.5 Å². The Hall–Kier alpha value is -2.93. The van der Waals surface area contributed by atoms with Crippen LogP contribution in [0.3, 0.4) is 0 Å². The van der Waals surface area contributed by atoms with E-state index in [0.29, 0.717) is 5.76 Å². The van der Waals surface area contributed by atoms with E-state index in [4.69, 9.17) is 4.52 Å².